The first-order valence-corrected chi connectivity index (χ1v) is 11.2. The van der Waals surface area contributed by atoms with Crippen molar-refractivity contribution in [1.29, 1.82) is 0 Å². The Kier molecular flexibility index (Phi) is 8.48. The Morgan fingerprint density at radius 3 is 2.16 bits per heavy atom. The summed E-state index contributed by atoms with van der Waals surface area (Å²) in [6.07, 6.45) is -1.23. The summed E-state index contributed by atoms with van der Waals surface area (Å²) in [7, 11) is 0. The number of nitrogens with one attached hydrogen (secondary N) is 2. The van der Waals surface area contributed by atoms with Gasteiger partial charge in [-0.25, -0.2) is 4.39 Å². The number of amides is 2. The minimum absolute atomic E-state index is 0.00154. The third kappa shape index (κ3) is 6.42. The van der Waals surface area contributed by atoms with Crippen LogP contribution in [0.25, 0.3) is 11.1 Å². The molecule has 6 nitrogen and oxygen atoms in total. The molecule has 0 aromatic heterocycles. The molecule has 9 heteroatoms. The van der Waals surface area contributed by atoms with Crippen LogP contribution in [0.1, 0.15) is 24.2 Å². The van der Waals surface area contributed by atoms with Gasteiger partial charge in [-0.1, -0.05) is 71.7 Å². The predicted octanol–water partition coefficient (Wildman–Crippen LogP) is 2.97. The van der Waals surface area contributed by atoms with Crippen molar-refractivity contribution in [2.75, 3.05) is 19.8 Å². The van der Waals surface area contributed by atoms with Crippen LogP contribution in [0.5, 0.6) is 0 Å². The van der Waals surface area contributed by atoms with E-state index in [1.165, 1.54) is 12.5 Å². The van der Waals surface area contributed by atoms with Crippen molar-refractivity contribution in [3.8, 4) is 11.1 Å². The number of alkyl halides is 3. The highest BCUT2D eigenvalue weighted by Gasteiger charge is 2.27. The van der Waals surface area contributed by atoms with Crippen molar-refractivity contribution in [3.05, 3.63) is 59.7 Å². The van der Waals surface area contributed by atoms with Gasteiger partial charge in [0.25, 0.3) is 5.91 Å². The molecule has 1 saturated heterocycles. The summed E-state index contributed by atoms with van der Waals surface area (Å²) in [6, 6.07) is 14.3. The van der Waals surface area contributed by atoms with Crippen molar-refractivity contribution in [2.24, 2.45) is 0 Å². The maximum absolute atomic E-state index is 13.3. The average Bonchev–Trinajstić information content (AvgIpc) is 2.75. The highest BCUT2D eigenvalue weighted by Crippen LogP contribution is 2.25. The van der Waals surface area contributed by atoms with Crippen molar-refractivity contribution < 1.29 is 19.1 Å². The van der Waals surface area contributed by atoms with E-state index in [9.17, 15) is 19.1 Å². The van der Waals surface area contributed by atoms with E-state index in [1.54, 1.807) is 12.1 Å². The van der Waals surface area contributed by atoms with Gasteiger partial charge in [0, 0.05) is 26.6 Å². The zero-order valence-corrected chi connectivity index (χ0v) is 19.1. The summed E-state index contributed by atoms with van der Waals surface area (Å²) in [5, 5.41) is 15.6. The van der Waals surface area contributed by atoms with Gasteiger partial charge in [-0.3, -0.25) is 14.5 Å². The van der Waals surface area contributed by atoms with Gasteiger partial charge >= 0.3 is 0 Å². The Morgan fingerprint density at radius 2 is 1.66 bits per heavy atom. The minimum Gasteiger partial charge on any atom is -0.386 e. The number of likely N-dealkylation sites (tertiary alicyclic amines) is 1. The first kappa shape index (κ1) is 24.5. The van der Waals surface area contributed by atoms with E-state index in [0.717, 1.165) is 30.8 Å². The molecule has 0 unspecified atom stereocenters. The van der Waals surface area contributed by atoms with Gasteiger partial charge in [-0.2, -0.15) is 0 Å². The maximum atomic E-state index is 13.3. The van der Waals surface area contributed by atoms with E-state index in [0.29, 0.717) is 5.56 Å². The van der Waals surface area contributed by atoms with Crippen LogP contribution in [0.3, 0.4) is 0 Å². The lowest BCUT2D eigenvalue weighted by molar-refractivity contribution is -0.121. The smallest absolute Gasteiger partial charge is 0.253 e. The van der Waals surface area contributed by atoms with Gasteiger partial charge in [-0.05, 0) is 22.3 Å². The maximum Gasteiger partial charge on any atom is 0.253 e. The molecule has 3 rings (SSSR count). The summed E-state index contributed by atoms with van der Waals surface area (Å²) in [5.41, 5.74) is 3.61. The lowest BCUT2D eigenvalue weighted by atomic mass is 9.98. The Balaban J connectivity index is 1.57. The zero-order valence-electron chi connectivity index (χ0n) is 17.6. The van der Waals surface area contributed by atoms with Crippen LogP contribution in [0.15, 0.2) is 48.5 Å². The summed E-state index contributed by atoms with van der Waals surface area (Å²) < 4.78 is 13.3. The van der Waals surface area contributed by atoms with E-state index in [2.05, 4.69) is 27.7 Å². The number of aliphatic hydroxyl groups excluding tert-OH is 1. The Bertz CT molecular complexity index is 919. The fourth-order valence-corrected chi connectivity index (χ4v) is 3.82. The molecular formula is C23H26Cl2FN3O3. The molecule has 0 saturated carbocycles. The monoisotopic (exact) mass is 481 g/mol. The molecule has 2 aromatic carbocycles. The molecule has 0 radical (unpaired) electrons. The molecule has 1 aliphatic rings. The van der Waals surface area contributed by atoms with E-state index < -0.39 is 29.6 Å². The van der Waals surface area contributed by atoms with E-state index in [-0.39, 0.29) is 11.9 Å². The Labute approximate surface area is 196 Å². The number of halogens is 3. The van der Waals surface area contributed by atoms with Crippen LogP contribution < -0.4 is 10.6 Å². The van der Waals surface area contributed by atoms with Crippen LogP contribution in [0.2, 0.25) is 0 Å². The molecule has 1 heterocycles. The first-order chi connectivity index (χ1) is 15.3. The Morgan fingerprint density at radius 1 is 1.09 bits per heavy atom. The summed E-state index contributed by atoms with van der Waals surface area (Å²) in [5.74, 6) is -0.753. The number of aliphatic hydroxyl groups is 1. The molecule has 2 aromatic rings. The molecule has 0 aliphatic carbocycles. The van der Waals surface area contributed by atoms with Gasteiger partial charge in [0.2, 0.25) is 5.91 Å². The average molecular weight is 482 g/mol. The molecule has 3 N–H and O–H groups in total. The topological polar surface area (TPSA) is 81.7 Å². The van der Waals surface area contributed by atoms with Crippen molar-refractivity contribution in [1.82, 2.24) is 15.5 Å². The standard InChI is InChI=1S/C23H26Cl2FN3O3/c1-14(30)27-19-12-29(13-19)11-15-2-4-16(5-3-15)17-6-8-18(9-7-17)21(31)20(10-26)28-23(32)22(24)25/h2-9,19-22,31H,10-13H2,1H3,(H,27,30)(H,28,32)/t20-,21-/m1/s1. The van der Waals surface area contributed by atoms with Crippen LogP contribution in [-0.2, 0) is 16.1 Å². The zero-order chi connectivity index (χ0) is 23.3. The number of hydrogen-bond donors (Lipinski definition) is 3. The number of nitrogens with zero attached hydrogens (tertiary/aromatic N) is 1. The van der Waals surface area contributed by atoms with Crippen LogP contribution in [-0.4, -0.2) is 58.5 Å². The molecule has 0 spiro atoms. The number of benzene rings is 2. The Hall–Kier alpha value is -2.19. The van der Waals surface area contributed by atoms with Gasteiger partial charge in [0.15, 0.2) is 4.84 Å². The number of carbonyl (C=O) groups is 2. The third-order valence-electron chi connectivity index (χ3n) is 5.38. The van der Waals surface area contributed by atoms with Crippen molar-refractivity contribution in [2.45, 2.75) is 36.5 Å². The summed E-state index contributed by atoms with van der Waals surface area (Å²) in [6.45, 7) is 3.09. The quantitative estimate of drug-likeness (QED) is 0.481. The number of carbonyl (C=O) groups excluding carboxylic acids is 2. The highest BCUT2D eigenvalue weighted by molar-refractivity contribution is 6.53. The van der Waals surface area contributed by atoms with E-state index in [4.69, 9.17) is 23.2 Å². The van der Waals surface area contributed by atoms with Crippen molar-refractivity contribution >= 4 is 35.0 Å². The van der Waals surface area contributed by atoms with E-state index in [1.807, 2.05) is 24.3 Å². The first-order valence-electron chi connectivity index (χ1n) is 10.3. The second-order valence-electron chi connectivity index (χ2n) is 7.93. The minimum atomic E-state index is -1.33. The fraction of sp³-hybridized carbons (Fsp3) is 0.391. The summed E-state index contributed by atoms with van der Waals surface area (Å²) in [4.78, 5) is 23.6. The van der Waals surface area contributed by atoms with Crippen LogP contribution >= 0.6 is 23.2 Å². The van der Waals surface area contributed by atoms with Crippen LogP contribution in [0.4, 0.5) is 4.39 Å². The number of rotatable bonds is 9. The molecule has 0 bridgehead atoms. The third-order valence-corrected chi connectivity index (χ3v) is 5.78. The van der Waals surface area contributed by atoms with Crippen molar-refractivity contribution in [3.63, 3.8) is 0 Å². The second kappa shape index (κ2) is 11.1. The molecule has 1 fully saturated rings. The molecule has 2 amide bonds. The largest absolute Gasteiger partial charge is 0.386 e. The van der Waals surface area contributed by atoms with Gasteiger partial charge < -0.3 is 15.7 Å². The molecule has 2 atom stereocenters. The lowest BCUT2D eigenvalue weighted by Gasteiger charge is -2.39. The molecule has 1 aliphatic heterocycles. The predicted molar refractivity (Wildman–Crippen MR) is 123 cm³/mol. The second-order valence-corrected chi connectivity index (χ2v) is 9.02. The fourth-order valence-electron chi connectivity index (χ4n) is 3.69. The van der Waals surface area contributed by atoms with E-state index >= 15 is 0 Å². The lowest BCUT2D eigenvalue weighted by Crippen LogP contribution is -2.58. The summed E-state index contributed by atoms with van der Waals surface area (Å²) >= 11 is 10.9. The normalized spacial score (nSPS) is 16.3. The van der Waals surface area contributed by atoms with Crippen LogP contribution in [0, 0.1) is 0 Å². The SMILES string of the molecule is CC(=O)NC1CN(Cc2ccc(-c3ccc([C@@H](O)[C@@H](CF)NC(=O)C(Cl)Cl)cc3)cc2)C1. The van der Waals surface area contributed by atoms with Gasteiger partial charge in [0.1, 0.15) is 12.8 Å². The van der Waals surface area contributed by atoms with Gasteiger partial charge in [0.05, 0.1) is 12.1 Å². The molecular weight excluding hydrogens is 456 g/mol. The number of hydrogen-bond acceptors (Lipinski definition) is 4. The molecule has 172 valence electrons. The highest BCUT2D eigenvalue weighted by atomic mass is 35.5. The molecule has 32 heavy (non-hydrogen) atoms. The van der Waals surface area contributed by atoms with Gasteiger partial charge in [-0.15, -0.1) is 0 Å².